The minimum absolute atomic E-state index is 0.170. The number of rotatable bonds is 4. The van der Waals surface area contributed by atoms with Gasteiger partial charge in [-0.15, -0.1) is 0 Å². The molecule has 1 heterocycles. The van der Waals surface area contributed by atoms with E-state index in [0.29, 0.717) is 0 Å². The van der Waals surface area contributed by atoms with Crippen LogP contribution in [-0.4, -0.2) is 21.6 Å². The number of nitrogens with zero attached hydrogens (tertiary/aromatic N) is 1. The number of thiazole rings is 1. The molecule has 4 nitrogen and oxygen atoms in total. The molecule has 0 atom stereocenters. The first-order valence-electron chi connectivity index (χ1n) is 6.52. The van der Waals surface area contributed by atoms with Crippen LogP contribution in [0.5, 0.6) is 0 Å². The summed E-state index contributed by atoms with van der Waals surface area (Å²) in [6, 6.07) is 7.98. The van der Waals surface area contributed by atoms with Gasteiger partial charge in [-0.2, -0.15) is 0 Å². The smallest absolute Gasteiger partial charge is 0.305 e. The van der Waals surface area contributed by atoms with Crippen LogP contribution in [0.3, 0.4) is 0 Å². The third-order valence-corrected chi connectivity index (χ3v) is 4.67. The number of benzene rings is 1. The average molecular weight is 276 g/mol. The van der Waals surface area contributed by atoms with E-state index in [9.17, 15) is 4.79 Å². The molecule has 0 saturated heterocycles. The number of aromatic nitrogens is 1. The van der Waals surface area contributed by atoms with Gasteiger partial charge in [0.05, 0.1) is 16.6 Å². The highest BCUT2D eigenvalue weighted by Crippen LogP contribution is 2.37. The number of hydrogen-bond acceptors (Lipinski definition) is 4. The summed E-state index contributed by atoms with van der Waals surface area (Å²) in [5, 5.41) is 13.3. The van der Waals surface area contributed by atoms with Gasteiger partial charge in [-0.25, -0.2) is 4.98 Å². The van der Waals surface area contributed by atoms with E-state index in [1.54, 1.807) is 11.3 Å². The Morgan fingerprint density at radius 2 is 2.11 bits per heavy atom. The van der Waals surface area contributed by atoms with Gasteiger partial charge in [0.25, 0.3) is 0 Å². The minimum Gasteiger partial charge on any atom is -0.481 e. The lowest BCUT2D eigenvalue weighted by Crippen LogP contribution is -2.37. The lowest BCUT2D eigenvalue weighted by Gasteiger charge is -2.28. The van der Waals surface area contributed by atoms with E-state index in [-0.39, 0.29) is 12.0 Å². The van der Waals surface area contributed by atoms with Gasteiger partial charge in [0, 0.05) is 5.54 Å². The van der Waals surface area contributed by atoms with Crippen LogP contribution in [0.4, 0.5) is 5.13 Å². The molecular formula is C14H16N2O2S. The molecule has 1 aliphatic carbocycles. The topological polar surface area (TPSA) is 62.2 Å². The number of anilines is 1. The number of carbonyl (C=O) groups is 1. The monoisotopic (exact) mass is 276 g/mol. The Morgan fingerprint density at radius 3 is 2.79 bits per heavy atom. The number of fused-ring (bicyclic) bond motifs is 1. The lowest BCUT2D eigenvalue weighted by atomic mass is 9.93. The standard InChI is InChI=1S/C14H16N2O2S/c17-12(18)9-14(7-3-4-8-14)16-13-15-10-5-1-2-6-11(10)19-13/h1-2,5-6H,3-4,7-9H2,(H,15,16)(H,17,18). The number of nitrogens with one attached hydrogen (secondary N) is 1. The molecule has 0 spiro atoms. The van der Waals surface area contributed by atoms with Crippen LogP contribution >= 0.6 is 11.3 Å². The lowest BCUT2D eigenvalue weighted by molar-refractivity contribution is -0.138. The van der Waals surface area contributed by atoms with Crippen molar-refractivity contribution in [1.29, 1.82) is 0 Å². The highest BCUT2D eigenvalue weighted by molar-refractivity contribution is 7.22. The largest absolute Gasteiger partial charge is 0.481 e. The number of carboxylic acids is 1. The quantitative estimate of drug-likeness (QED) is 0.897. The number of carboxylic acid groups (broad SMARTS) is 1. The van der Waals surface area contributed by atoms with Crippen molar-refractivity contribution >= 4 is 32.7 Å². The second kappa shape index (κ2) is 4.81. The predicted molar refractivity (Wildman–Crippen MR) is 76.7 cm³/mol. The van der Waals surface area contributed by atoms with Crippen molar-refractivity contribution in [3.05, 3.63) is 24.3 Å². The van der Waals surface area contributed by atoms with Gasteiger partial charge in [-0.1, -0.05) is 36.3 Å². The predicted octanol–water partition coefficient (Wildman–Crippen LogP) is 3.50. The van der Waals surface area contributed by atoms with Gasteiger partial charge in [0.1, 0.15) is 0 Å². The second-order valence-electron chi connectivity index (χ2n) is 5.17. The summed E-state index contributed by atoms with van der Waals surface area (Å²) < 4.78 is 1.13. The first-order chi connectivity index (χ1) is 9.17. The Hall–Kier alpha value is -1.62. The molecule has 1 aromatic carbocycles. The van der Waals surface area contributed by atoms with Crippen molar-refractivity contribution in [2.45, 2.75) is 37.6 Å². The molecule has 2 N–H and O–H groups in total. The molecule has 0 amide bonds. The van der Waals surface area contributed by atoms with Gasteiger partial charge >= 0.3 is 5.97 Å². The van der Waals surface area contributed by atoms with Gasteiger partial charge < -0.3 is 10.4 Å². The minimum atomic E-state index is -0.740. The maximum Gasteiger partial charge on any atom is 0.305 e. The summed E-state index contributed by atoms with van der Waals surface area (Å²) in [7, 11) is 0. The van der Waals surface area contributed by atoms with E-state index < -0.39 is 5.97 Å². The molecule has 1 saturated carbocycles. The van der Waals surface area contributed by atoms with E-state index >= 15 is 0 Å². The zero-order chi connectivity index (χ0) is 13.3. The second-order valence-corrected chi connectivity index (χ2v) is 6.20. The van der Waals surface area contributed by atoms with Crippen LogP contribution < -0.4 is 5.32 Å². The first-order valence-corrected chi connectivity index (χ1v) is 7.34. The fourth-order valence-electron chi connectivity index (χ4n) is 2.84. The normalized spacial score (nSPS) is 17.7. The van der Waals surface area contributed by atoms with Crippen molar-refractivity contribution in [3.63, 3.8) is 0 Å². The zero-order valence-corrected chi connectivity index (χ0v) is 11.4. The highest BCUT2D eigenvalue weighted by Gasteiger charge is 2.36. The van der Waals surface area contributed by atoms with E-state index in [0.717, 1.165) is 41.0 Å². The number of para-hydroxylation sites is 1. The van der Waals surface area contributed by atoms with Crippen molar-refractivity contribution in [1.82, 2.24) is 4.98 Å². The molecule has 100 valence electrons. The van der Waals surface area contributed by atoms with Crippen molar-refractivity contribution in [3.8, 4) is 0 Å². The van der Waals surface area contributed by atoms with Crippen molar-refractivity contribution in [2.75, 3.05) is 5.32 Å². The maximum atomic E-state index is 11.1. The molecule has 0 bridgehead atoms. The van der Waals surface area contributed by atoms with Gasteiger partial charge in [-0.3, -0.25) is 4.79 Å². The van der Waals surface area contributed by atoms with E-state index in [1.807, 2.05) is 24.3 Å². The molecule has 3 rings (SSSR count). The van der Waals surface area contributed by atoms with Gasteiger partial charge in [0.15, 0.2) is 5.13 Å². The summed E-state index contributed by atoms with van der Waals surface area (Å²) in [5.74, 6) is -0.740. The van der Waals surface area contributed by atoms with Crippen molar-refractivity contribution < 1.29 is 9.90 Å². The third kappa shape index (κ3) is 2.56. The fourth-order valence-corrected chi connectivity index (χ4v) is 3.82. The summed E-state index contributed by atoms with van der Waals surface area (Å²) in [6.07, 6.45) is 4.17. The van der Waals surface area contributed by atoms with Crippen LogP contribution in [0.2, 0.25) is 0 Å². The molecule has 1 fully saturated rings. The van der Waals surface area contributed by atoms with E-state index in [1.165, 1.54) is 0 Å². The average Bonchev–Trinajstić information content (AvgIpc) is 2.94. The van der Waals surface area contributed by atoms with Gasteiger partial charge in [0.2, 0.25) is 0 Å². The summed E-state index contributed by atoms with van der Waals surface area (Å²) >= 11 is 1.59. The molecule has 19 heavy (non-hydrogen) atoms. The molecule has 2 aromatic rings. The third-order valence-electron chi connectivity index (χ3n) is 3.72. The zero-order valence-electron chi connectivity index (χ0n) is 10.6. The van der Waals surface area contributed by atoms with Crippen LogP contribution in [0.15, 0.2) is 24.3 Å². The fraction of sp³-hybridized carbons (Fsp3) is 0.429. The summed E-state index contributed by atoms with van der Waals surface area (Å²) in [5.41, 5.74) is 0.665. The first kappa shape index (κ1) is 12.4. The van der Waals surface area contributed by atoms with E-state index in [4.69, 9.17) is 5.11 Å². The Morgan fingerprint density at radius 1 is 1.37 bits per heavy atom. The SMILES string of the molecule is O=C(O)CC1(Nc2nc3ccccc3s2)CCCC1. The van der Waals surface area contributed by atoms with Crippen molar-refractivity contribution in [2.24, 2.45) is 0 Å². The Bertz CT molecular complexity index is 569. The molecule has 1 aliphatic rings. The van der Waals surface area contributed by atoms with Crippen LogP contribution in [-0.2, 0) is 4.79 Å². The van der Waals surface area contributed by atoms with Crippen LogP contribution in [0.1, 0.15) is 32.1 Å². The molecule has 0 unspecified atom stereocenters. The molecule has 5 heteroatoms. The van der Waals surface area contributed by atoms with E-state index in [2.05, 4.69) is 10.3 Å². The Labute approximate surface area is 115 Å². The van der Waals surface area contributed by atoms with Crippen LogP contribution in [0, 0.1) is 0 Å². The summed E-state index contributed by atoms with van der Waals surface area (Å²) in [4.78, 5) is 15.6. The Balaban J connectivity index is 1.87. The molecule has 0 aliphatic heterocycles. The van der Waals surface area contributed by atoms with Gasteiger partial charge in [-0.05, 0) is 25.0 Å². The number of hydrogen-bond donors (Lipinski definition) is 2. The molecular weight excluding hydrogens is 260 g/mol. The van der Waals surface area contributed by atoms with Crippen LogP contribution in [0.25, 0.3) is 10.2 Å². The maximum absolute atomic E-state index is 11.1. The highest BCUT2D eigenvalue weighted by atomic mass is 32.1. The summed E-state index contributed by atoms with van der Waals surface area (Å²) in [6.45, 7) is 0. The number of aliphatic carboxylic acids is 1. The Kier molecular flexibility index (Phi) is 3.14. The molecule has 1 aromatic heterocycles. The molecule has 0 radical (unpaired) electrons.